The minimum atomic E-state index is -4.40. The number of hydrogen-bond acceptors (Lipinski definition) is 3. The summed E-state index contributed by atoms with van der Waals surface area (Å²) in [5, 5.41) is 4.28. The smallest absolute Gasteiger partial charge is 0.416 e. The van der Waals surface area contributed by atoms with Gasteiger partial charge < -0.3 is 9.47 Å². The molecule has 1 heterocycles. The lowest BCUT2D eigenvalue weighted by atomic mass is 10.1. The highest BCUT2D eigenvalue weighted by Gasteiger charge is 2.30. The van der Waals surface area contributed by atoms with E-state index in [1.807, 2.05) is 26.0 Å². The molecule has 3 rings (SSSR count). The number of halogens is 3. The molecule has 2 aromatic carbocycles. The number of thiophene rings is 1. The number of hydrogen-bond donors (Lipinski definition) is 0. The van der Waals surface area contributed by atoms with E-state index in [2.05, 4.69) is 34.7 Å². The first-order valence-corrected chi connectivity index (χ1v) is 11.5. The van der Waals surface area contributed by atoms with Crippen LogP contribution in [0.2, 0.25) is 0 Å². The predicted octanol–water partition coefficient (Wildman–Crippen LogP) is 6.81. The van der Waals surface area contributed by atoms with Crippen LogP contribution in [0.4, 0.5) is 13.2 Å². The van der Waals surface area contributed by atoms with Gasteiger partial charge in [-0.25, -0.2) is 4.79 Å². The molecular weight excluding hydrogens is 449 g/mol. The lowest BCUT2D eigenvalue weighted by molar-refractivity contribution is -0.154. The van der Waals surface area contributed by atoms with Gasteiger partial charge in [0.1, 0.15) is 16.5 Å². The number of alkyl halides is 3. The van der Waals surface area contributed by atoms with Gasteiger partial charge in [-0.2, -0.15) is 13.2 Å². The van der Waals surface area contributed by atoms with E-state index in [4.69, 9.17) is 9.47 Å². The van der Waals surface area contributed by atoms with E-state index < -0.39 is 23.3 Å². The summed E-state index contributed by atoms with van der Waals surface area (Å²) < 4.78 is 49.1. The fraction of sp³-hybridized carbons (Fsp3) is 0.269. The lowest BCUT2D eigenvalue weighted by Crippen LogP contribution is -2.29. The van der Waals surface area contributed by atoms with Crippen molar-refractivity contribution in [3.05, 3.63) is 81.5 Å². The van der Waals surface area contributed by atoms with Gasteiger partial charge in [0.25, 0.3) is 0 Å². The van der Waals surface area contributed by atoms with Crippen molar-refractivity contribution < 1.29 is 27.4 Å². The Morgan fingerprint density at radius 2 is 1.58 bits per heavy atom. The normalized spacial score (nSPS) is 11.5. The Morgan fingerprint density at radius 3 is 2.12 bits per heavy atom. The molecule has 33 heavy (non-hydrogen) atoms. The monoisotopic (exact) mass is 473 g/mol. The number of aryl methyl sites for hydroxylation is 2. The summed E-state index contributed by atoms with van der Waals surface area (Å²) in [5.41, 5.74) is 0.369. The fourth-order valence-corrected chi connectivity index (χ4v) is 4.72. The van der Waals surface area contributed by atoms with Crippen molar-refractivity contribution >= 4 is 16.4 Å². The second-order valence-corrected chi connectivity index (χ2v) is 9.77. The SMILES string of the molecule is Cc1cc(-[s+]2cccc2)cc(C)c1OCC(=O)OC(C)(C)C#Cc1ccc(C(F)(F)F)cc1. The van der Waals surface area contributed by atoms with Crippen LogP contribution >= 0.6 is 10.5 Å². The molecule has 7 heteroatoms. The van der Waals surface area contributed by atoms with Gasteiger partial charge in [-0.15, -0.1) is 0 Å². The van der Waals surface area contributed by atoms with Gasteiger partial charge in [0.15, 0.2) is 17.1 Å². The summed E-state index contributed by atoms with van der Waals surface area (Å²) in [4.78, 5) is 13.5. The largest absolute Gasteiger partial charge is 0.481 e. The molecule has 172 valence electrons. The molecule has 3 aromatic rings. The summed E-state index contributed by atoms with van der Waals surface area (Å²) >= 11 is 0. The second-order valence-electron chi connectivity index (χ2n) is 8.01. The van der Waals surface area contributed by atoms with Crippen LogP contribution in [0.3, 0.4) is 0 Å². The molecule has 1 aromatic heterocycles. The van der Waals surface area contributed by atoms with Crippen molar-refractivity contribution in [2.75, 3.05) is 6.61 Å². The van der Waals surface area contributed by atoms with Crippen molar-refractivity contribution in [3.63, 3.8) is 0 Å². The molecule has 0 saturated carbocycles. The highest BCUT2D eigenvalue weighted by Crippen LogP contribution is 2.36. The van der Waals surface area contributed by atoms with Crippen LogP contribution in [0.15, 0.2) is 59.3 Å². The lowest BCUT2D eigenvalue weighted by Gasteiger charge is -2.19. The summed E-state index contributed by atoms with van der Waals surface area (Å²) in [5.74, 6) is 5.58. The molecule has 0 aliphatic heterocycles. The first-order chi connectivity index (χ1) is 15.4. The third-order valence-electron chi connectivity index (χ3n) is 4.69. The molecule has 3 nitrogen and oxygen atoms in total. The molecule has 0 bridgehead atoms. The van der Waals surface area contributed by atoms with Gasteiger partial charge in [0.05, 0.1) is 5.56 Å². The van der Waals surface area contributed by atoms with Crippen LogP contribution in [0.1, 0.15) is 36.1 Å². The number of carbonyl (C=O) groups excluding carboxylic acids is 1. The van der Waals surface area contributed by atoms with Crippen molar-refractivity contribution in [1.29, 1.82) is 0 Å². The third kappa shape index (κ3) is 6.62. The summed E-state index contributed by atoms with van der Waals surface area (Å²) in [7, 11) is -0.0490. The standard InChI is InChI=1S/C26H24F3O3S/c1-18-15-22(33-13-5-6-14-33)16-19(2)24(18)31-17-23(30)32-25(3,4)12-11-20-7-9-21(10-8-20)26(27,28)29/h5-10,13-16H,17H2,1-4H3/q+1. The average molecular weight is 474 g/mol. The highest BCUT2D eigenvalue weighted by atomic mass is 32.2. The Kier molecular flexibility index (Phi) is 7.19. The maximum atomic E-state index is 12.7. The van der Waals surface area contributed by atoms with E-state index in [-0.39, 0.29) is 17.1 Å². The Balaban J connectivity index is 1.61. The Hall–Kier alpha value is -3.24. The molecule has 0 radical (unpaired) electrons. The van der Waals surface area contributed by atoms with E-state index in [0.29, 0.717) is 11.3 Å². The molecule has 0 spiro atoms. The van der Waals surface area contributed by atoms with Crippen molar-refractivity contribution in [2.24, 2.45) is 0 Å². The summed E-state index contributed by atoms with van der Waals surface area (Å²) in [6, 6.07) is 12.6. The van der Waals surface area contributed by atoms with Gasteiger partial charge in [-0.3, -0.25) is 0 Å². The Morgan fingerprint density at radius 1 is 1.00 bits per heavy atom. The van der Waals surface area contributed by atoms with E-state index in [1.54, 1.807) is 13.8 Å². The van der Waals surface area contributed by atoms with Crippen LogP contribution in [-0.2, 0) is 15.7 Å². The summed E-state index contributed by atoms with van der Waals surface area (Å²) in [6.07, 6.45) is -4.40. The van der Waals surface area contributed by atoms with Crippen molar-refractivity contribution in [2.45, 2.75) is 39.5 Å². The zero-order valence-corrected chi connectivity index (χ0v) is 19.6. The van der Waals surface area contributed by atoms with Gasteiger partial charge in [-0.1, -0.05) is 11.8 Å². The van der Waals surface area contributed by atoms with E-state index in [0.717, 1.165) is 23.3 Å². The van der Waals surface area contributed by atoms with Crippen molar-refractivity contribution in [3.8, 4) is 22.5 Å². The van der Waals surface area contributed by atoms with Crippen LogP contribution in [-0.4, -0.2) is 18.2 Å². The number of carbonyl (C=O) groups is 1. The number of rotatable bonds is 5. The molecule has 0 amide bonds. The third-order valence-corrected chi connectivity index (χ3v) is 6.37. The summed E-state index contributed by atoms with van der Waals surface area (Å²) in [6.45, 7) is 6.80. The maximum absolute atomic E-state index is 12.7. The van der Waals surface area contributed by atoms with E-state index in [1.165, 1.54) is 17.0 Å². The highest BCUT2D eigenvalue weighted by molar-refractivity contribution is 7.36. The average Bonchev–Trinajstić information content (AvgIpc) is 3.26. The molecule has 0 atom stereocenters. The molecule has 0 N–H and O–H groups in total. The zero-order chi connectivity index (χ0) is 24.2. The quantitative estimate of drug-likeness (QED) is 0.232. The molecular formula is C26H24F3O3S+. The molecule has 0 unspecified atom stereocenters. The molecule has 0 aliphatic carbocycles. The van der Waals surface area contributed by atoms with Gasteiger partial charge >= 0.3 is 12.1 Å². The number of esters is 1. The number of ether oxygens (including phenoxy) is 2. The zero-order valence-electron chi connectivity index (χ0n) is 18.7. The van der Waals surface area contributed by atoms with Gasteiger partial charge in [-0.05, 0) is 75.2 Å². The number of benzene rings is 2. The second kappa shape index (κ2) is 9.72. The van der Waals surface area contributed by atoms with Crippen molar-refractivity contribution in [1.82, 2.24) is 0 Å². The van der Waals surface area contributed by atoms with Crippen LogP contribution in [0, 0.1) is 25.7 Å². The minimum Gasteiger partial charge on any atom is -0.481 e. The minimum absolute atomic E-state index is 0.0490. The Labute approximate surface area is 194 Å². The van der Waals surface area contributed by atoms with Crippen LogP contribution in [0.5, 0.6) is 5.75 Å². The fourth-order valence-electron chi connectivity index (χ4n) is 3.17. The maximum Gasteiger partial charge on any atom is 0.416 e. The van der Waals surface area contributed by atoms with Crippen LogP contribution < -0.4 is 4.74 Å². The Bertz CT molecular complexity index is 1160. The van der Waals surface area contributed by atoms with Crippen LogP contribution in [0.25, 0.3) is 4.90 Å². The first-order valence-electron chi connectivity index (χ1n) is 10.2. The predicted molar refractivity (Wildman–Crippen MR) is 124 cm³/mol. The molecule has 0 saturated heterocycles. The van der Waals surface area contributed by atoms with E-state index in [9.17, 15) is 18.0 Å². The molecule has 0 fully saturated rings. The first kappa shape index (κ1) is 24.4. The van der Waals surface area contributed by atoms with Gasteiger partial charge in [0.2, 0.25) is 0 Å². The molecule has 0 aliphatic rings. The van der Waals surface area contributed by atoms with Gasteiger partial charge in [0, 0.05) is 28.2 Å². The topological polar surface area (TPSA) is 35.5 Å². The van der Waals surface area contributed by atoms with E-state index >= 15 is 0 Å².